The molecule has 0 amide bonds. The Balaban J connectivity index is 1.39. The maximum Gasteiger partial charge on any atom is 0.0905 e. The van der Waals surface area contributed by atoms with Crippen LogP contribution in [0.4, 0.5) is 0 Å². The maximum atomic E-state index is 5.15. The normalized spacial score (nSPS) is 13.3. The molecule has 0 saturated heterocycles. The van der Waals surface area contributed by atoms with Crippen LogP contribution in [0.25, 0.3) is 77.2 Å². The fourth-order valence-corrected chi connectivity index (χ4v) is 7.53. The highest BCUT2D eigenvalue weighted by atomic mass is 14.8. The molecule has 1 aliphatic rings. The van der Waals surface area contributed by atoms with Crippen LogP contribution >= 0.6 is 0 Å². The van der Waals surface area contributed by atoms with Gasteiger partial charge in [-0.3, -0.25) is 4.98 Å². The average molecular weight is 575 g/mol. The molecule has 0 fully saturated rings. The van der Waals surface area contributed by atoms with Crippen LogP contribution in [0.5, 0.6) is 0 Å². The lowest BCUT2D eigenvalue weighted by molar-refractivity contribution is 0.660. The van der Waals surface area contributed by atoms with Crippen molar-refractivity contribution in [2.75, 3.05) is 0 Å². The number of benzene rings is 7. The van der Waals surface area contributed by atoms with Gasteiger partial charge in [-0.25, -0.2) is 4.98 Å². The summed E-state index contributed by atoms with van der Waals surface area (Å²) < 4.78 is 0. The Labute approximate surface area is 262 Å². The molecule has 0 saturated carbocycles. The molecule has 0 spiro atoms. The van der Waals surface area contributed by atoms with Gasteiger partial charge < -0.3 is 0 Å². The van der Waals surface area contributed by atoms with E-state index in [-0.39, 0.29) is 5.41 Å². The van der Waals surface area contributed by atoms with Crippen molar-refractivity contribution in [3.8, 4) is 44.6 Å². The zero-order valence-electron chi connectivity index (χ0n) is 25.3. The summed E-state index contributed by atoms with van der Waals surface area (Å²) in [4.78, 5) is 9.98. The molecule has 1 aromatic heterocycles. The molecular formula is C43H30N2. The van der Waals surface area contributed by atoms with E-state index in [2.05, 4.69) is 129 Å². The second kappa shape index (κ2) is 9.70. The largest absolute Gasteiger partial charge is 0.252 e. The smallest absolute Gasteiger partial charge is 0.0905 e. The van der Waals surface area contributed by atoms with E-state index in [1.165, 1.54) is 66.1 Å². The van der Waals surface area contributed by atoms with E-state index < -0.39 is 0 Å². The van der Waals surface area contributed by atoms with Gasteiger partial charge in [0.2, 0.25) is 0 Å². The minimum Gasteiger partial charge on any atom is -0.252 e. The highest BCUT2D eigenvalue weighted by molar-refractivity contribution is 6.22. The molecule has 8 aromatic rings. The predicted octanol–water partition coefficient (Wildman–Crippen LogP) is 11.2. The van der Waals surface area contributed by atoms with Crippen LogP contribution in [0.1, 0.15) is 25.0 Å². The SMILES string of the molecule is CC1(C)c2ccccc2-c2cc(-c3c4ccccc4c(-c4cnc5ccccc5n4)c4ccc(-c5ccccc5)cc34)ccc21. The first kappa shape index (κ1) is 25.9. The summed E-state index contributed by atoms with van der Waals surface area (Å²) >= 11 is 0. The van der Waals surface area contributed by atoms with Gasteiger partial charge in [-0.1, -0.05) is 129 Å². The minimum atomic E-state index is -0.0340. The van der Waals surface area contributed by atoms with Crippen LogP contribution in [0.2, 0.25) is 0 Å². The Morgan fingerprint density at radius 2 is 1.09 bits per heavy atom. The number of fused-ring (bicyclic) bond motifs is 6. The van der Waals surface area contributed by atoms with Crippen LogP contribution in [0.3, 0.4) is 0 Å². The molecule has 1 aliphatic carbocycles. The maximum absolute atomic E-state index is 5.15. The van der Waals surface area contributed by atoms with E-state index in [4.69, 9.17) is 9.97 Å². The van der Waals surface area contributed by atoms with Gasteiger partial charge in [0.15, 0.2) is 0 Å². The standard InChI is InChI=1S/C43H30N2/c1-43(2)36-17-9-8-14-30(36)34-25-29(21-23-37(34)43)41-31-15-6-7-16-32(31)42(40-26-44-38-18-10-11-19-39(38)45-40)33-22-20-28(24-35(33)41)27-12-4-3-5-13-27/h3-26H,1-2H3. The summed E-state index contributed by atoms with van der Waals surface area (Å²) in [5.41, 5.74) is 14.1. The van der Waals surface area contributed by atoms with Gasteiger partial charge in [0.1, 0.15) is 0 Å². The summed E-state index contributed by atoms with van der Waals surface area (Å²) in [5, 5.41) is 4.78. The van der Waals surface area contributed by atoms with E-state index in [1.807, 2.05) is 30.5 Å². The second-order valence-electron chi connectivity index (χ2n) is 12.6. The average Bonchev–Trinajstić information content (AvgIpc) is 3.32. The second-order valence-corrected chi connectivity index (χ2v) is 12.6. The van der Waals surface area contributed by atoms with Crippen LogP contribution < -0.4 is 0 Å². The molecule has 7 aromatic carbocycles. The molecule has 212 valence electrons. The first-order valence-corrected chi connectivity index (χ1v) is 15.6. The third-order valence-corrected chi connectivity index (χ3v) is 9.71. The lowest BCUT2D eigenvalue weighted by atomic mass is 9.81. The van der Waals surface area contributed by atoms with Gasteiger partial charge in [0.25, 0.3) is 0 Å². The molecule has 0 aliphatic heterocycles. The first-order chi connectivity index (χ1) is 22.1. The third-order valence-electron chi connectivity index (χ3n) is 9.71. The molecule has 0 unspecified atom stereocenters. The van der Waals surface area contributed by atoms with E-state index in [9.17, 15) is 0 Å². The Kier molecular flexibility index (Phi) is 5.58. The fraction of sp³-hybridized carbons (Fsp3) is 0.0698. The highest BCUT2D eigenvalue weighted by Crippen LogP contribution is 2.51. The number of para-hydroxylation sites is 2. The molecular weight excluding hydrogens is 544 g/mol. The van der Waals surface area contributed by atoms with Crippen molar-refractivity contribution in [3.63, 3.8) is 0 Å². The zero-order valence-corrected chi connectivity index (χ0v) is 25.3. The molecule has 0 atom stereocenters. The number of nitrogens with zero attached hydrogens (tertiary/aromatic N) is 2. The first-order valence-electron chi connectivity index (χ1n) is 15.6. The molecule has 2 heteroatoms. The highest BCUT2D eigenvalue weighted by Gasteiger charge is 2.35. The van der Waals surface area contributed by atoms with Gasteiger partial charge in [0, 0.05) is 11.0 Å². The Morgan fingerprint density at radius 1 is 0.444 bits per heavy atom. The molecule has 2 nitrogen and oxygen atoms in total. The fourth-order valence-electron chi connectivity index (χ4n) is 7.53. The predicted molar refractivity (Wildman–Crippen MR) is 188 cm³/mol. The van der Waals surface area contributed by atoms with Crippen molar-refractivity contribution in [1.82, 2.24) is 9.97 Å². The molecule has 45 heavy (non-hydrogen) atoms. The zero-order chi connectivity index (χ0) is 30.1. The minimum absolute atomic E-state index is 0.0340. The summed E-state index contributed by atoms with van der Waals surface area (Å²) in [6, 6.07) is 50.4. The van der Waals surface area contributed by atoms with Crippen molar-refractivity contribution >= 4 is 32.6 Å². The van der Waals surface area contributed by atoms with Gasteiger partial charge in [-0.05, 0) is 90.3 Å². The van der Waals surface area contributed by atoms with Crippen molar-refractivity contribution in [2.24, 2.45) is 0 Å². The number of hydrogen-bond acceptors (Lipinski definition) is 2. The number of rotatable bonds is 3. The van der Waals surface area contributed by atoms with Crippen LogP contribution in [0, 0.1) is 0 Å². The monoisotopic (exact) mass is 574 g/mol. The van der Waals surface area contributed by atoms with Gasteiger partial charge in [0.05, 0.1) is 22.9 Å². The molecule has 1 heterocycles. The van der Waals surface area contributed by atoms with Crippen LogP contribution in [-0.4, -0.2) is 9.97 Å². The summed E-state index contributed by atoms with van der Waals surface area (Å²) in [6.07, 6.45) is 1.93. The van der Waals surface area contributed by atoms with Gasteiger partial charge >= 0.3 is 0 Å². The number of hydrogen-bond donors (Lipinski definition) is 0. The lowest BCUT2D eigenvalue weighted by Crippen LogP contribution is -2.14. The third kappa shape index (κ3) is 3.89. The quantitative estimate of drug-likeness (QED) is 0.196. The summed E-state index contributed by atoms with van der Waals surface area (Å²) in [7, 11) is 0. The van der Waals surface area contributed by atoms with E-state index in [1.54, 1.807) is 0 Å². The van der Waals surface area contributed by atoms with E-state index >= 15 is 0 Å². The Hall–Kier alpha value is -5.60. The van der Waals surface area contributed by atoms with Crippen LogP contribution in [0.15, 0.2) is 146 Å². The van der Waals surface area contributed by atoms with Crippen molar-refractivity contribution in [1.29, 1.82) is 0 Å². The van der Waals surface area contributed by atoms with Crippen molar-refractivity contribution < 1.29 is 0 Å². The lowest BCUT2D eigenvalue weighted by Gasteiger charge is -2.22. The molecule has 0 radical (unpaired) electrons. The molecule has 9 rings (SSSR count). The van der Waals surface area contributed by atoms with E-state index in [0.29, 0.717) is 0 Å². The van der Waals surface area contributed by atoms with Gasteiger partial charge in [-0.15, -0.1) is 0 Å². The molecule has 0 bridgehead atoms. The molecule has 0 N–H and O–H groups in total. The Bertz CT molecular complexity index is 2450. The van der Waals surface area contributed by atoms with Crippen molar-refractivity contribution in [2.45, 2.75) is 19.3 Å². The Morgan fingerprint density at radius 3 is 1.93 bits per heavy atom. The topological polar surface area (TPSA) is 25.8 Å². The van der Waals surface area contributed by atoms with Crippen molar-refractivity contribution in [3.05, 3.63) is 157 Å². The summed E-state index contributed by atoms with van der Waals surface area (Å²) in [6.45, 7) is 4.68. The summed E-state index contributed by atoms with van der Waals surface area (Å²) in [5.74, 6) is 0. The van der Waals surface area contributed by atoms with Gasteiger partial charge in [-0.2, -0.15) is 0 Å². The number of aromatic nitrogens is 2. The van der Waals surface area contributed by atoms with Crippen LogP contribution in [-0.2, 0) is 5.41 Å². The van der Waals surface area contributed by atoms with E-state index in [0.717, 1.165) is 22.3 Å².